The van der Waals surface area contributed by atoms with Gasteiger partial charge < -0.3 is 0 Å². The van der Waals surface area contributed by atoms with Crippen molar-refractivity contribution in [2.45, 2.75) is 13.3 Å². The molecule has 0 fully saturated rings. The summed E-state index contributed by atoms with van der Waals surface area (Å²) in [6.07, 6.45) is 0.958. The van der Waals surface area contributed by atoms with E-state index in [9.17, 15) is 0 Å². The van der Waals surface area contributed by atoms with Crippen molar-refractivity contribution >= 4 is 11.4 Å². The van der Waals surface area contributed by atoms with Crippen molar-refractivity contribution in [1.82, 2.24) is 0 Å². The number of aryl methyl sites for hydroxylation is 1. The molecule has 78 valence electrons. The summed E-state index contributed by atoms with van der Waals surface area (Å²) in [6, 6.07) is 16.9. The van der Waals surface area contributed by atoms with Gasteiger partial charge in [-0.3, -0.25) is 4.99 Å². The van der Waals surface area contributed by atoms with Crippen LogP contribution in [0.1, 0.15) is 16.7 Å². The van der Waals surface area contributed by atoms with Gasteiger partial charge >= 0.3 is 0 Å². The Kier molecular flexibility index (Phi) is 2.10. The van der Waals surface area contributed by atoms with Crippen LogP contribution in [0.25, 0.3) is 0 Å². The van der Waals surface area contributed by atoms with E-state index in [0.29, 0.717) is 0 Å². The zero-order valence-corrected chi connectivity index (χ0v) is 9.27. The number of aliphatic imine (C=N–C) groups is 1. The molecule has 1 aliphatic heterocycles. The molecule has 0 saturated carbocycles. The third kappa shape index (κ3) is 1.54. The minimum atomic E-state index is 0.958. The number of nitrogens with zero attached hydrogens (tertiary/aromatic N) is 1. The Labute approximate surface area is 95.5 Å². The number of hydrogen-bond donors (Lipinski definition) is 0. The van der Waals surface area contributed by atoms with Gasteiger partial charge in [-0.1, -0.05) is 48.0 Å². The molecule has 1 heterocycles. The normalized spacial score (nSPS) is 13.4. The van der Waals surface area contributed by atoms with E-state index in [4.69, 9.17) is 0 Å². The zero-order valence-electron chi connectivity index (χ0n) is 9.27. The molecule has 1 nitrogen and oxygen atoms in total. The van der Waals surface area contributed by atoms with Crippen molar-refractivity contribution in [2.24, 2.45) is 4.99 Å². The van der Waals surface area contributed by atoms with E-state index in [1.165, 1.54) is 22.4 Å². The van der Waals surface area contributed by atoms with E-state index in [1.807, 2.05) is 6.07 Å². The first-order valence-electron chi connectivity index (χ1n) is 5.55. The summed E-state index contributed by atoms with van der Waals surface area (Å²) in [5, 5.41) is 0. The molecule has 0 aliphatic carbocycles. The lowest BCUT2D eigenvalue weighted by molar-refractivity contribution is 1.38. The maximum absolute atomic E-state index is 4.68. The summed E-state index contributed by atoms with van der Waals surface area (Å²) in [4.78, 5) is 4.68. The Morgan fingerprint density at radius 3 is 2.69 bits per heavy atom. The van der Waals surface area contributed by atoms with Crippen molar-refractivity contribution in [1.29, 1.82) is 0 Å². The molecule has 16 heavy (non-hydrogen) atoms. The van der Waals surface area contributed by atoms with Crippen molar-refractivity contribution in [2.75, 3.05) is 0 Å². The number of benzene rings is 2. The largest absolute Gasteiger partial charge is 0.252 e. The molecule has 2 aromatic carbocycles. The smallest absolute Gasteiger partial charge is 0.0669 e. The van der Waals surface area contributed by atoms with E-state index in [1.54, 1.807) is 0 Å². The molecule has 0 unspecified atom stereocenters. The van der Waals surface area contributed by atoms with Gasteiger partial charge in [0.2, 0.25) is 0 Å². The van der Waals surface area contributed by atoms with Gasteiger partial charge in [-0.25, -0.2) is 0 Å². The summed E-state index contributed by atoms with van der Waals surface area (Å²) in [5.74, 6) is 0. The van der Waals surface area contributed by atoms with Crippen molar-refractivity contribution < 1.29 is 0 Å². The van der Waals surface area contributed by atoms with Crippen LogP contribution in [0.5, 0.6) is 0 Å². The second-order valence-electron chi connectivity index (χ2n) is 4.23. The summed E-state index contributed by atoms with van der Waals surface area (Å²) in [7, 11) is 0. The lowest BCUT2D eigenvalue weighted by Crippen LogP contribution is -2.00. The van der Waals surface area contributed by atoms with Gasteiger partial charge in [0, 0.05) is 6.42 Å². The fourth-order valence-corrected chi connectivity index (χ4v) is 2.13. The standard InChI is InChI=1S/C15H13N/c1-11-5-4-7-12(9-11)15-10-13-6-2-3-8-14(13)16-15/h2-9H,10H2,1H3. The van der Waals surface area contributed by atoms with Gasteiger partial charge in [0.15, 0.2) is 0 Å². The van der Waals surface area contributed by atoms with Gasteiger partial charge in [0.25, 0.3) is 0 Å². The van der Waals surface area contributed by atoms with Crippen LogP contribution in [-0.4, -0.2) is 5.71 Å². The lowest BCUT2D eigenvalue weighted by atomic mass is 10.0. The zero-order chi connectivity index (χ0) is 11.0. The van der Waals surface area contributed by atoms with Gasteiger partial charge in [-0.15, -0.1) is 0 Å². The molecule has 0 amide bonds. The molecule has 0 bridgehead atoms. The minimum absolute atomic E-state index is 0.958. The van der Waals surface area contributed by atoms with Crippen LogP contribution >= 0.6 is 0 Å². The Morgan fingerprint density at radius 2 is 1.88 bits per heavy atom. The molecular formula is C15H13N. The van der Waals surface area contributed by atoms with E-state index in [2.05, 4.69) is 54.4 Å². The van der Waals surface area contributed by atoms with Crippen LogP contribution in [0.15, 0.2) is 53.5 Å². The van der Waals surface area contributed by atoms with Crippen LogP contribution < -0.4 is 0 Å². The Hall–Kier alpha value is -1.89. The SMILES string of the molecule is Cc1cccc(C2=Nc3ccccc3C2)c1. The van der Waals surface area contributed by atoms with Gasteiger partial charge in [0.1, 0.15) is 0 Å². The molecule has 1 aliphatic rings. The van der Waals surface area contributed by atoms with Gasteiger partial charge in [0.05, 0.1) is 11.4 Å². The van der Waals surface area contributed by atoms with Crippen LogP contribution in [-0.2, 0) is 6.42 Å². The fourth-order valence-electron chi connectivity index (χ4n) is 2.13. The number of fused-ring (bicyclic) bond motifs is 1. The highest BCUT2D eigenvalue weighted by Gasteiger charge is 2.14. The Balaban J connectivity index is 2.02. The third-order valence-corrected chi connectivity index (χ3v) is 2.96. The van der Waals surface area contributed by atoms with Crippen LogP contribution in [0, 0.1) is 6.92 Å². The summed E-state index contributed by atoms with van der Waals surface area (Å²) in [5.41, 5.74) is 6.18. The number of para-hydroxylation sites is 1. The predicted octanol–water partition coefficient (Wildman–Crippen LogP) is 3.67. The molecule has 0 aromatic heterocycles. The fraction of sp³-hybridized carbons (Fsp3) is 0.133. The monoisotopic (exact) mass is 207 g/mol. The first-order valence-corrected chi connectivity index (χ1v) is 5.55. The molecule has 0 spiro atoms. The van der Waals surface area contributed by atoms with Gasteiger partial charge in [-0.05, 0) is 24.1 Å². The first-order chi connectivity index (χ1) is 7.83. The highest BCUT2D eigenvalue weighted by molar-refractivity contribution is 6.06. The highest BCUT2D eigenvalue weighted by Crippen LogP contribution is 2.28. The van der Waals surface area contributed by atoms with Crippen LogP contribution in [0.3, 0.4) is 0 Å². The maximum atomic E-state index is 4.68. The first kappa shape index (κ1) is 9.34. The lowest BCUT2D eigenvalue weighted by Gasteiger charge is -2.01. The third-order valence-electron chi connectivity index (χ3n) is 2.96. The van der Waals surface area contributed by atoms with E-state index in [0.717, 1.165) is 12.1 Å². The highest BCUT2D eigenvalue weighted by atomic mass is 14.8. The average molecular weight is 207 g/mol. The van der Waals surface area contributed by atoms with Crippen LogP contribution in [0.2, 0.25) is 0 Å². The molecule has 0 saturated heterocycles. The number of rotatable bonds is 1. The van der Waals surface area contributed by atoms with Crippen molar-refractivity contribution in [3.8, 4) is 0 Å². The molecule has 2 aromatic rings. The molecule has 0 N–H and O–H groups in total. The van der Waals surface area contributed by atoms with E-state index >= 15 is 0 Å². The summed E-state index contributed by atoms with van der Waals surface area (Å²) >= 11 is 0. The second kappa shape index (κ2) is 3.60. The summed E-state index contributed by atoms with van der Waals surface area (Å²) in [6.45, 7) is 2.12. The molecule has 1 heteroatoms. The molecule has 0 radical (unpaired) electrons. The van der Waals surface area contributed by atoms with E-state index < -0.39 is 0 Å². The molecule has 0 atom stereocenters. The summed E-state index contributed by atoms with van der Waals surface area (Å²) < 4.78 is 0. The van der Waals surface area contributed by atoms with Crippen molar-refractivity contribution in [3.05, 3.63) is 65.2 Å². The molecule has 3 rings (SSSR count). The topological polar surface area (TPSA) is 12.4 Å². The second-order valence-corrected chi connectivity index (χ2v) is 4.23. The van der Waals surface area contributed by atoms with Crippen molar-refractivity contribution in [3.63, 3.8) is 0 Å². The van der Waals surface area contributed by atoms with Crippen LogP contribution in [0.4, 0.5) is 5.69 Å². The maximum Gasteiger partial charge on any atom is 0.0669 e. The Morgan fingerprint density at radius 1 is 1.00 bits per heavy atom. The quantitative estimate of drug-likeness (QED) is 0.676. The van der Waals surface area contributed by atoms with Gasteiger partial charge in [-0.2, -0.15) is 0 Å². The van der Waals surface area contributed by atoms with E-state index in [-0.39, 0.29) is 0 Å². The number of hydrogen-bond acceptors (Lipinski definition) is 1. The average Bonchev–Trinajstić information content (AvgIpc) is 2.72. The predicted molar refractivity (Wildman–Crippen MR) is 67.5 cm³/mol. The molecular weight excluding hydrogens is 194 g/mol. The Bertz CT molecular complexity index is 567. The minimum Gasteiger partial charge on any atom is -0.252 e.